The number of aromatic hydroxyl groups is 1. The van der Waals surface area contributed by atoms with Crippen LogP contribution in [-0.2, 0) is 0 Å². The van der Waals surface area contributed by atoms with E-state index in [1.165, 1.54) is 24.8 Å². The highest BCUT2D eigenvalue weighted by Crippen LogP contribution is 2.43. The second kappa shape index (κ2) is 8.53. The first kappa shape index (κ1) is 20.5. The molecule has 0 saturated heterocycles. The number of phenols is 1. The highest BCUT2D eigenvalue weighted by Gasteiger charge is 2.26. The van der Waals surface area contributed by atoms with Crippen molar-refractivity contribution in [2.24, 2.45) is 4.99 Å². The van der Waals surface area contributed by atoms with Crippen molar-refractivity contribution in [3.8, 4) is 40.4 Å². The number of nitriles is 1. The summed E-state index contributed by atoms with van der Waals surface area (Å²) in [6, 6.07) is 11.3. The molecule has 0 aliphatic heterocycles. The van der Waals surface area contributed by atoms with E-state index >= 15 is 0 Å². The first-order chi connectivity index (χ1) is 15.5. The number of furan rings is 3. The van der Waals surface area contributed by atoms with Crippen LogP contribution in [0.15, 0.2) is 67.2 Å². The third-order valence-electron chi connectivity index (χ3n) is 4.42. The number of hydrogen-bond donors (Lipinski definition) is 1. The summed E-state index contributed by atoms with van der Waals surface area (Å²) in [6.45, 7) is 1.88. The van der Waals surface area contributed by atoms with Gasteiger partial charge < -0.3 is 23.1 Å². The molecular weight excluding hydrogens is 418 g/mol. The van der Waals surface area contributed by atoms with Gasteiger partial charge in [0.05, 0.1) is 29.6 Å². The molecular formula is C22H15N3O7. The molecule has 160 valence electrons. The Morgan fingerprint density at radius 1 is 1.25 bits per heavy atom. The molecule has 1 aromatic carbocycles. The monoisotopic (exact) mass is 433 g/mol. The summed E-state index contributed by atoms with van der Waals surface area (Å²) in [4.78, 5) is 14.8. The Balaban J connectivity index is 1.83. The highest BCUT2D eigenvalue weighted by atomic mass is 16.6. The van der Waals surface area contributed by atoms with Crippen molar-refractivity contribution in [3.63, 3.8) is 0 Å². The molecule has 0 spiro atoms. The lowest BCUT2D eigenvalue weighted by Gasteiger charge is -2.07. The van der Waals surface area contributed by atoms with Crippen LogP contribution >= 0.6 is 0 Å². The molecule has 4 rings (SSSR count). The summed E-state index contributed by atoms with van der Waals surface area (Å²) in [5, 5.41) is 31.1. The van der Waals surface area contributed by atoms with Gasteiger partial charge in [0.15, 0.2) is 17.3 Å². The van der Waals surface area contributed by atoms with E-state index in [9.17, 15) is 20.5 Å². The SMILES string of the molecule is CCOc1cc(C=Nc2oc(-c3ccco3)c(-c3ccco3)c2C#N)cc([N+](=O)[O-])c1O. The molecule has 0 aliphatic carbocycles. The van der Waals surface area contributed by atoms with Crippen LogP contribution in [0.4, 0.5) is 11.6 Å². The smallest absolute Gasteiger partial charge is 0.315 e. The van der Waals surface area contributed by atoms with Crippen LogP contribution in [0.5, 0.6) is 11.5 Å². The van der Waals surface area contributed by atoms with E-state index in [0.29, 0.717) is 17.1 Å². The lowest BCUT2D eigenvalue weighted by Crippen LogP contribution is -1.97. The molecule has 10 heteroatoms. The minimum absolute atomic E-state index is 0.0426. The molecule has 0 bridgehead atoms. The Hall–Kier alpha value is -4.78. The van der Waals surface area contributed by atoms with E-state index < -0.39 is 16.4 Å². The van der Waals surface area contributed by atoms with Gasteiger partial charge in [-0.25, -0.2) is 4.99 Å². The molecule has 32 heavy (non-hydrogen) atoms. The molecule has 0 amide bonds. The number of phenolic OH excluding ortho intramolecular Hbond substituents is 1. The predicted molar refractivity (Wildman–Crippen MR) is 112 cm³/mol. The van der Waals surface area contributed by atoms with Gasteiger partial charge in [-0.05, 0) is 37.3 Å². The van der Waals surface area contributed by atoms with E-state index in [-0.39, 0.29) is 35.1 Å². The largest absolute Gasteiger partial charge is 0.500 e. The maximum absolute atomic E-state index is 11.3. The summed E-state index contributed by atoms with van der Waals surface area (Å²) >= 11 is 0. The van der Waals surface area contributed by atoms with Gasteiger partial charge in [-0.1, -0.05) is 0 Å². The van der Waals surface area contributed by atoms with Crippen molar-refractivity contribution in [2.75, 3.05) is 6.61 Å². The Morgan fingerprint density at radius 2 is 1.97 bits per heavy atom. The lowest BCUT2D eigenvalue weighted by atomic mass is 10.1. The second-order valence-corrected chi connectivity index (χ2v) is 6.39. The molecule has 0 fully saturated rings. The van der Waals surface area contributed by atoms with Crippen LogP contribution in [0, 0.1) is 21.4 Å². The number of nitrogens with zero attached hydrogens (tertiary/aromatic N) is 3. The fourth-order valence-electron chi connectivity index (χ4n) is 3.08. The third-order valence-corrected chi connectivity index (χ3v) is 4.42. The first-order valence-electron chi connectivity index (χ1n) is 9.36. The van der Waals surface area contributed by atoms with E-state index in [0.717, 1.165) is 6.07 Å². The van der Waals surface area contributed by atoms with Gasteiger partial charge in [-0.2, -0.15) is 5.26 Å². The van der Waals surface area contributed by atoms with Crippen molar-refractivity contribution in [2.45, 2.75) is 6.92 Å². The Labute approximate surface area is 180 Å². The fourth-order valence-corrected chi connectivity index (χ4v) is 3.08. The zero-order chi connectivity index (χ0) is 22.7. The quantitative estimate of drug-likeness (QED) is 0.230. The number of aliphatic imine (C=N–C) groups is 1. The summed E-state index contributed by atoms with van der Waals surface area (Å²) in [6.07, 6.45) is 4.19. The molecule has 3 heterocycles. The topological polar surface area (TPSA) is 148 Å². The first-order valence-corrected chi connectivity index (χ1v) is 9.36. The molecule has 0 saturated carbocycles. The minimum Gasteiger partial charge on any atom is -0.500 e. The van der Waals surface area contributed by atoms with Gasteiger partial charge in [0.1, 0.15) is 17.4 Å². The number of benzene rings is 1. The van der Waals surface area contributed by atoms with Gasteiger partial charge in [-0.3, -0.25) is 10.1 Å². The normalized spacial score (nSPS) is 11.0. The molecule has 0 radical (unpaired) electrons. The van der Waals surface area contributed by atoms with Gasteiger partial charge in [0.2, 0.25) is 11.6 Å². The van der Waals surface area contributed by atoms with Gasteiger partial charge in [-0.15, -0.1) is 0 Å². The van der Waals surface area contributed by atoms with Gasteiger partial charge in [0, 0.05) is 17.8 Å². The number of hydrogen-bond acceptors (Lipinski definition) is 9. The van der Waals surface area contributed by atoms with E-state index in [2.05, 4.69) is 11.1 Å². The fraction of sp³-hybridized carbons (Fsp3) is 0.0909. The standard InChI is InChI=1S/C22H15N3O7/c1-2-29-18-10-13(9-15(20(18)26)25(27)28)12-24-22-14(11-23)19(16-5-3-7-30-16)21(32-22)17-6-4-8-31-17/h3-10,12,26H,2H2,1H3. The van der Waals surface area contributed by atoms with Crippen LogP contribution < -0.4 is 4.74 Å². The molecule has 10 nitrogen and oxygen atoms in total. The number of nitro groups is 1. The van der Waals surface area contributed by atoms with Crippen molar-refractivity contribution >= 4 is 17.8 Å². The van der Waals surface area contributed by atoms with Crippen molar-refractivity contribution in [3.05, 3.63) is 70.2 Å². The highest BCUT2D eigenvalue weighted by molar-refractivity contribution is 5.88. The van der Waals surface area contributed by atoms with Crippen LogP contribution in [0.2, 0.25) is 0 Å². The van der Waals surface area contributed by atoms with Gasteiger partial charge >= 0.3 is 5.69 Å². The Bertz CT molecular complexity index is 1330. The molecule has 1 N–H and O–H groups in total. The van der Waals surface area contributed by atoms with Crippen LogP contribution in [0.25, 0.3) is 22.8 Å². The Kier molecular flexibility index (Phi) is 5.46. The maximum atomic E-state index is 11.3. The zero-order valence-corrected chi connectivity index (χ0v) is 16.6. The summed E-state index contributed by atoms with van der Waals surface area (Å²) in [5.74, 6) is 0.324. The van der Waals surface area contributed by atoms with Crippen molar-refractivity contribution in [1.82, 2.24) is 0 Å². The number of nitro benzene ring substituents is 1. The van der Waals surface area contributed by atoms with E-state index in [1.54, 1.807) is 31.2 Å². The summed E-state index contributed by atoms with van der Waals surface area (Å²) in [7, 11) is 0. The zero-order valence-electron chi connectivity index (χ0n) is 16.6. The van der Waals surface area contributed by atoms with Crippen LogP contribution in [-0.4, -0.2) is 22.9 Å². The van der Waals surface area contributed by atoms with Crippen molar-refractivity contribution < 1.29 is 28.0 Å². The molecule has 0 unspecified atom stereocenters. The van der Waals surface area contributed by atoms with E-state index in [1.807, 2.05) is 0 Å². The average Bonchev–Trinajstić information content (AvgIpc) is 3.53. The molecule has 3 aromatic heterocycles. The third kappa shape index (κ3) is 3.70. The van der Waals surface area contributed by atoms with Crippen LogP contribution in [0.3, 0.4) is 0 Å². The summed E-state index contributed by atoms with van der Waals surface area (Å²) in [5.41, 5.74) is 0.189. The van der Waals surface area contributed by atoms with Crippen molar-refractivity contribution in [1.29, 1.82) is 5.26 Å². The maximum Gasteiger partial charge on any atom is 0.315 e. The lowest BCUT2D eigenvalue weighted by molar-refractivity contribution is -0.386. The average molecular weight is 433 g/mol. The predicted octanol–water partition coefficient (Wildman–Crippen LogP) is 5.43. The molecule has 0 atom stereocenters. The van der Waals surface area contributed by atoms with E-state index in [4.69, 9.17) is 18.0 Å². The number of ether oxygens (including phenoxy) is 1. The Morgan fingerprint density at radius 3 is 2.56 bits per heavy atom. The van der Waals surface area contributed by atoms with Crippen LogP contribution in [0.1, 0.15) is 18.1 Å². The minimum atomic E-state index is -0.729. The number of rotatable bonds is 7. The molecule has 4 aromatic rings. The second-order valence-electron chi connectivity index (χ2n) is 6.39. The summed E-state index contributed by atoms with van der Waals surface area (Å²) < 4.78 is 22.0. The van der Waals surface area contributed by atoms with Gasteiger partial charge in [0.25, 0.3) is 0 Å². The molecule has 0 aliphatic rings.